The van der Waals surface area contributed by atoms with Gasteiger partial charge in [-0.2, -0.15) is 0 Å². The minimum atomic E-state index is -0.129. The van der Waals surface area contributed by atoms with Gasteiger partial charge in [-0.1, -0.05) is 19.9 Å². The van der Waals surface area contributed by atoms with E-state index in [0.29, 0.717) is 36.3 Å². The fourth-order valence-corrected chi connectivity index (χ4v) is 2.14. The fourth-order valence-electron chi connectivity index (χ4n) is 2.14. The van der Waals surface area contributed by atoms with Crippen LogP contribution in [0.1, 0.15) is 30.6 Å². The average molecular weight is 364 g/mol. The Labute approximate surface area is 156 Å². The molecule has 26 heavy (non-hydrogen) atoms. The van der Waals surface area contributed by atoms with E-state index in [9.17, 15) is 4.79 Å². The largest absolute Gasteiger partial charge is 0.497 e. The molecule has 7 heteroatoms. The molecule has 0 aliphatic rings. The maximum atomic E-state index is 12.1. The summed E-state index contributed by atoms with van der Waals surface area (Å²) in [5, 5.41) is 9.25. The summed E-state index contributed by atoms with van der Waals surface area (Å²) in [6.07, 6.45) is 0.917. The van der Waals surface area contributed by atoms with Crippen LogP contribution in [0.15, 0.2) is 29.3 Å². The van der Waals surface area contributed by atoms with E-state index in [1.807, 2.05) is 6.07 Å². The topological polar surface area (TPSA) is 84.0 Å². The van der Waals surface area contributed by atoms with Crippen LogP contribution in [0.4, 0.5) is 0 Å². The third-order valence-electron chi connectivity index (χ3n) is 3.47. The van der Waals surface area contributed by atoms with Crippen LogP contribution in [-0.2, 0) is 4.74 Å². The van der Waals surface area contributed by atoms with E-state index in [4.69, 9.17) is 9.47 Å². The van der Waals surface area contributed by atoms with Crippen LogP contribution >= 0.6 is 0 Å². The van der Waals surface area contributed by atoms with Gasteiger partial charge in [0, 0.05) is 45.5 Å². The maximum Gasteiger partial charge on any atom is 0.251 e. The molecule has 7 nitrogen and oxygen atoms in total. The summed E-state index contributed by atoms with van der Waals surface area (Å²) in [5.74, 6) is 1.81. The molecule has 0 bridgehead atoms. The second kappa shape index (κ2) is 13.0. The molecule has 0 saturated carbocycles. The molecule has 0 saturated heterocycles. The van der Waals surface area contributed by atoms with Crippen molar-refractivity contribution in [2.45, 2.75) is 20.3 Å². The predicted molar refractivity (Wildman–Crippen MR) is 105 cm³/mol. The Hall–Kier alpha value is -2.28. The second-order valence-electron chi connectivity index (χ2n) is 6.24. The van der Waals surface area contributed by atoms with Gasteiger partial charge < -0.3 is 25.4 Å². The number of ether oxygens (including phenoxy) is 2. The third kappa shape index (κ3) is 9.27. The summed E-state index contributed by atoms with van der Waals surface area (Å²) < 4.78 is 10.7. The first kappa shape index (κ1) is 21.8. The van der Waals surface area contributed by atoms with E-state index in [0.717, 1.165) is 26.2 Å². The second-order valence-corrected chi connectivity index (χ2v) is 6.24. The number of nitrogens with one attached hydrogen (secondary N) is 3. The summed E-state index contributed by atoms with van der Waals surface area (Å²) in [4.78, 5) is 16.2. The number of carbonyl (C=O) groups excluding carboxylic acids is 1. The SMILES string of the molecule is CN=C(NCCCOCC(C)C)NCCNC(=O)c1cccc(OC)c1. The number of rotatable bonds is 11. The van der Waals surface area contributed by atoms with Crippen molar-refractivity contribution in [3.63, 3.8) is 0 Å². The minimum Gasteiger partial charge on any atom is -0.497 e. The number of guanidine groups is 1. The van der Waals surface area contributed by atoms with E-state index in [1.54, 1.807) is 32.4 Å². The number of hydrogen-bond donors (Lipinski definition) is 3. The molecule has 0 spiro atoms. The van der Waals surface area contributed by atoms with Crippen LogP contribution in [-0.4, -0.2) is 58.9 Å². The molecule has 0 heterocycles. The third-order valence-corrected chi connectivity index (χ3v) is 3.47. The molecule has 1 amide bonds. The molecule has 0 atom stereocenters. The van der Waals surface area contributed by atoms with E-state index in [-0.39, 0.29) is 5.91 Å². The normalized spacial score (nSPS) is 11.3. The molecule has 1 rings (SSSR count). The molecule has 146 valence electrons. The number of nitrogens with zero attached hydrogens (tertiary/aromatic N) is 1. The Kier molecular flexibility index (Phi) is 10.9. The number of amides is 1. The molecule has 0 aliphatic heterocycles. The number of benzene rings is 1. The standard InChI is InChI=1S/C19H32N4O3/c1-15(2)14-26-12-6-9-22-19(20-3)23-11-10-21-18(24)16-7-5-8-17(13-16)25-4/h5,7-8,13,15H,6,9-12,14H2,1-4H3,(H,21,24)(H2,20,22,23). The summed E-state index contributed by atoms with van der Waals surface area (Å²) in [7, 11) is 3.30. The molecule has 0 aromatic heterocycles. The quantitative estimate of drug-likeness (QED) is 0.316. The first-order valence-electron chi connectivity index (χ1n) is 9.01. The molecule has 3 N–H and O–H groups in total. The van der Waals surface area contributed by atoms with Crippen molar-refractivity contribution < 1.29 is 14.3 Å². The lowest BCUT2D eigenvalue weighted by Gasteiger charge is -2.13. The van der Waals surface area contributed by atoms with Gasteiger partial charge in [0.15, 0.2) is 5.96 Å². The first-order valence-corrected chi connectivity index (χ1v) is 9.01. The molecule has 1 aromatic rings. The van der Waals surface area contributed by atoms with Crippen LogP contribution in [0.3, 0.4) is 0 Å². The molecule has 0 radical (unpaired) electrons. The zero-order valence-electron chi connectivity index (χ0n) is 16.3. The molecule has 0 fully saturated rings. The smallest absolute Gasteiger partial charge is 0.251 e. The van der Waals surface area contributed by atoms with Gasteiger partial charge in [-0.15, -0.1) is 0 Å². The van der Waals surface area contributed by atoms with Gasteiger partial charge in [0.1, 0.15) is 5.75 Å². The lowest BCUT2D eigenvalue weighted by Crippen LogP contribution is -2.42. The number of hydrogen-bond acceptors (Lipinski definition) is 4. The fraction of sp³-hybridized carbons (Fsp3) is 0.579. The molecule has 0 unspecified atom stereocenters. The Morgan fingerprint density at radius 1 is 1.15 bits per heavy atom. The Bertz CT molecular complexity index is 561. The van der Waals surface area contributed by atoms with Gasteiger partial charge in [-0.3, -0.25) is 9.79 Å². The van der Waals surface area contributed by atoms with Crippen LogP contribution in [0.2, 0.25) is 0 Å². The van der Waals surface area contributed by atoms with E-state index >= 15 is 0 Å². The van der Waals surface area contributed by atoms with Crippen LogP contribution in [0.25, 0.3) is 0 Å². The number of carbonyl (C=O) groups is 1. The van der Waals surface area contributed by atoms with Crippen molar-refractivity contribution in [2.24, 2.45) is 10.9 Å². The van der Waals surface area contributed by atoms with Crippen LogP contribution in [0.5, 0.6) is 5.75 Å². The van der Waals surface area contributed by atoms with E-state index < -0.39 is 0 Å². The lowest BCUT2D eigenvalue weighted by atomic mass is 10.2. The summed E-state index contributed by atoms with van der Waals surface area (Å²) in [5.41, 5.74) is 0.577. The molecular weight excluding hydrogens is 332 g/mol. The molecular formula is C19H32N4O3. The van der Waals surface area contributed by atoms with E-state index in [1.165, 1.54) is 0 Å². The summed E-state index contributed by atoms with van der Waals surface area (Å²) in [6.45, 7) is 7.66. The van der Waals surface area contributed by atoms with Crippen molar-refractivity contribution in [3.05, 3.63) is 29.8 Å². The van der Waals surface area contributed by atoms with Crippen molar-refractivity contribution in [3.8, 4) is 5.75 Å². The Balaban J connectivity index is 2.17. The van der Waals surface area contributed by atoms with E-state index in [2.05, 4.69) is 34.8 Å². The van der Waals surface area contributed by atoms with Crippen LogP contribution < -0.4 is 20.7 Å². The van der Waals surface area contributed by atoms with Gasteiger partial charge in [0.2, 0.25) is 0 Å². The zero-order chi connectivity index (χ0) is 19.2. The Morgan fingerprint density at radius 3 is 2.58 bits per heavy atom. The minimum absolute atomic E-state index is 0.129. The first-order chi connectivity index (χ1) is 12.6. The molecule has 1 aromatic carbocycles. The predicted octanol–water partition coefficient (Wildman–Crippen LogP) is 1.65. The van der Waals surface area contributed by atoms with Gasteiger partial charge in [0.25, 0.3) is 5.91 Å². The van der Waals surface area contributed by atoms with Gasteiger partial charge >= 0.3 is 0 Å². The monoisotopic (exact) mass is 364 g/mol. The van der Waals surface area contributed by atoms with Gasteiger partial charge in [0.05, 0.1) is 7.11 Å². The van der Waals surface area contributed by atoms with Crippen molar-refractivity contribution in [1.29, 1.82) is 0 Å². The highest BCUT2D eigenvalue weighted by Gasteiger charge is 2.06. The maximum absolute atomic E-state index is 12.1. The van der Waals surface area contributed by atoms with Gasteiger partial charge in [-0.25, -0.2) is 0 Å². The molecule has 0 aliphatic carbocycles. The highest BCUT2D eigenvalue weighted by molar-refractivity contribution is 5.94. The van der Waals surface area contributed by atoms with Crippen LogP contribution in [0, 0.1) is 5.92 Å². The number of methoxy groups -OCH3 is 1. The lowest BCUT2D eigenvalue weighted by molar-refractivity contribution is 0.0954. The zero-order valence-corrected chi connectivity index (χ0v) is 16.3. The van der Waals surface area contributed by atoms with Gasteiger partial charge in [-0.05, 0) is 30.5 Å². The highest BCUT2D eigenvalue weighted by atomic mass is 16.5. The summed E-state index contributed by atoms with van der Waals surface area (Å²) in [6, 6.07) is 7.07. The van der Waals surface area contributed by atoms with Crippen molar-refractivity contribution >= 4 is 11.9 Å². The van der Waals surface area contributed by atoms with Crippen molar-refractivity contribution in [1.82, 2.24) is 16.0 Å². The van der Waals surface area contributed by atoms with Crippen molar-refractivity contribution in [2.75, 3.05) is 47.0 Å². The highest BCUT2D eigenvalue weighted by Crippen LogP contribution is 2.12. The Morgan fingerprint density at radius 2 is 1.88 bits per heavy atom. The summed E-state index contributed by atoms with van der Waals surface area (Å²) >= 11 is 0. The average Bonchev–Trinajstić information content (AvgIpc) is 2.65. The number of aliphatic imine (C=N–C) groups is 1.